The zero-order valence-corrected chi connectivity index (χ0v) is 25.2. The summed E-state index contributed by atoms with van der Waals surface area (Å²) >= 11 is 0. The lowest BCUT2D eigenvalue weighted by Gasteiger charge is -2.18. The molecule has 234 valence electrons. The van der Waals surface area contributed by atoms with Gasteiger partial charge in [0.05, 0.1) is 30.5 Å². The van der Waals surface area contributed by atoms with Crippen molar-refractivity contribution < 1.29 is 23.9 Å². The van der Waals surface area contributed by atoms with Gasteiger partial charge in [-0.15, -0.1) is 0 Å². The number of nitrogens with one attached hydrogen (secondary N) is 3. The van der Waals surface area contributed by atoms with Crippen molar-refractivity contribution in [2.24, 2.45) is 4.99 Å². The molecule has 1 aliphatic rings. The third-order valence-electron chi connectivity index (χ3n) is 7.00. The van der Waals surface area contributed by atoms with Crippen molar-refractivity contribution in [3.8, 4) is 0 Å². The van der Waals surface area contributed by atoms with Gasteiger partial charge in [-0.3, -0.25) is 19.4 Å². The lowest BCUT2D eigenvalue weighted by atomic mass is 10.0. The van der Waals surface area contributed by atoms with Crippen molar-refractivity contribution in [2.75, 3.05) is 7.11 Å². The second-order valence-corrected chi connectivity index (χ2v) is 10.3. The predicted octanol–water partition coefficient (Wildman–Crippen LogP) is 5.77. The Balaban J connectivity index is 1.70. The number of pyridine rings is 1. The molecule has 0 radical (unpaired) electrons. The second kappa shape index (κ2) is 18.3. The molecule has 9 nitrogen and oxygen atoms in total. The van der Waals surface area contributed by atoms with Crippen LogP contribution in [0.4, 0.5) is 4.39 Å². The SMILES string of the molecule is C\C=C(C(=O)NC1C=CC(F)=CC1)/C(=C\CC(/C=C/CCc1cc2ccccc2[nH]c1=O)NOC)/N=C/CCCCC(=O)O. The van der Waals surface area contributed by atoms with E-state index in [9.17, 15) is 18.8 Å². The molecule has 1 aromatic carbocycles. The summed E-state index contributed by atoms with van der Waals surface area (Å²) in [6, 6.07) is 9.00. The van der Waals surface area contributed by atoms with Crippen LogP contribution in [0.15, 0.2) is 99.7 Å². The normalized spacial score (nSPS) is 16.5. The number of aliphatic carboxylic acids is 1. The molecular formula is C34H41FN4O5. The van der Waals surface area contributed by atoms with Crippen LogP contribution in [0.25, 0.3) is 10.9 Å². The van der Waals surface area contributed by atoms with Crippen LogP contribution in [0.1, 0.15) is 57.4 Å². The molecular weight excluding hydrogens is 563 g/mol. The molecule has 4 N–H and O–H groups in total. The van der Waals surface area contributed by atoms with E-state index in [-0.39, 0.29) is 35.8 Å². The van der Waals surface area contributed by atoms with E-state index in [2.05, 4.69) is 20.8 Å². The zero-order valence-electron chi connectivity index (χ0n) is 25.2. The van der Waals surface area contributed by atoms with E-state index in [0.717, 1.165) is 10.9 Å². The van der Waals surface area contributed by atoms with Gasteiger partial charge in [0, 0.05) is 23.7 Å². The number of hydrogen-bond donors (Lipinski definition) is 4. The number of nitrogens with zero attached hydrogens (tertiary/aromatic N) is 1. The van der Waals surface area contributed by atoms with Gasteiger partial charge in [0.1, 0.15) is 5.83 Å². The molecule has 0 bridgehead atoms. The monoisotopic (exact) mass is 604 g/mol. The number of hydrogen-bond acceptors (Lipinski definition) is 6. The smallest absolute Gasteiger partial charge is 0.303 e. The standard InChI is InChI=1S/C34H41FN4O5/c1-3-29(34(43)37-27-18-16-26(35)17-19-27)31(36-22-10-4-5-15-32(40)41)21-20-28(39-44-2)13-8-6-12-25-23-24-11-7-9-14-30(24)38-33(25)42/h3,7-9,11,13-14,16-18,21-23,27-28,39H,4-6,10,12,15,19-20H2,1-2H3,(H,37,43)(H,38,42)(H,40,41)/b13-8+,29-3+,31-21+,36-22+. The quantitative estimate of drug-likeness (QED) is 0.0453. The first-order chi connectivity index (χ1) is 21.3. The van der Waals surface area contributed by atoms with Crippen LogP contribution in [0.5, 0.6) is 0 Å². The maximum absolute atomic E-state index is 13.4. The summed E-state index contributed by atoms with van der Waals surface area (Å²) in [6.45, 7) is 1.75. The molecule has 2 unspecified atom stereocenters. The van der Waals surface area contributed by atoms with Crippen molar-refractivity contribution in [3.05, 3.63) is 106 Å². The number of H-pyrrole nitrogens is 1. The number of hydroxylamine groups is 1. The van der Waals surface area contributed by atoms with Crippen molar-refractivity contribution in [2.45, 2.75) is 70.4 Å². The number of para-hydroxylation sites is 1. The fourth-order valence-electron chi connectivity index (χ4n) is 4.68. The van der Waals surface area contributed by atoms with Crippen molar-refractivity contribution in [1.82, 2.24) is 15.8 Å². The summed E-state index contributed by atoms with van der Waals surface area (Å²) in [7, 11) is 1.52. The topological polar surface area (TPSA) is 133 Å². The number of fused-ring (bicyclic) bond motifs is 1. The molecule has 1 aromatic heterocycles. The molecule has 1 heterocycles. The molecule has 2 atom stereocenters. The highest BCUT2D eigenvalue weighted by Gasteiger charge is 2.18. The molecule has 10 heteroatoms. The molecule has 1 aliphatic carbocycles. The Hall–Kier alpha value is -4.41. The maximum atomic E-state index is 13.4. The third kappa shape index (κ3) is 11.3. The van der Waals surface area contributed by atoms with Crippen LogP contribution in [0.3, 0.4) is 0 Å². The molecule has 0 spiro atoms. The number of aromatic nitrogens is 1. The second-order valence-electron chi connectivity index (χ2n) is 10.3. The van der Waals surface area contributed by atoms with E-state index in [1.807, 2.05) is 48.6 Å². The first kappa shape index (κ1) is 34.1. The van der Waals surface area contributed by atoms with Gasteiger partial charge < -0.3 is 20.2 Å². The minimum absolute atomic E-state index is 0.0922. The van der Waals surface area contributed by atoms with E-state index in [4.69, 9.17) is 9.94 Å². The number of unbranched alkanes of at least 4 members (excludes halogenated alkanes) is 2. The average Bonchev–Trinajstić information content (AvgIpc) is 3.00. The summed E-state index contributed by atoms with van der Waals surface area (Å²) in [5, 5.41) is 12.8. The Morgan fingerprint density at radius 2 is 2.07 bits per heavy atom. The van der Waals surface area contributed by atoms with Crippen LogP contribution < -0.4 is 16.4 Å². The number of carboxylic acids is 1. The molecule has 0 fully saturated rings. The molecule has 0 aliphatic heterocycles. The first-order valence-electron chi connectivity index (χ1n) is 14.8. The summed E-state index contributed by atoms with van der Waals surface area (Å²) in [5.41, 5.74) is 5.19. The highest BCUT2D eigenvalue weighted by atomic mass is 19.1. The van der Waals surface area contributed by atoms with E-state index in [1.54, 1.807) is 25.3 Å². The van der Waals surface area contributed by atoms with Crippen LogP contribution in [-0.4, -0.2) is 47.4 Å². The van der Waals surface area contributed by atoms with Gasteiger partial charge in [-0.05, 0) is 81.5 Å². The van der Waals surface area contributed by atoms with Gasteiger partial charge in [-0.1, -0.05) is 48.6 Å². The Bertz CT molecular complexity index is 1520. The van der Waals surface area contributed by atoms with Crippen molar-refractivity contribution >= 4 is 29.0 Å². The fourth-order valence-corrected chi connectivity index (χ4v) is 4.68. The van der Waals surface area contributed by atoms with Crippen LogP contribution in [0.2, 0.25) is 0 Å². The molecule has 3 rings (SSSR count). The molecule has 2 aromatic rings. The summed E-state index contributed by atoms with van der Waals surface area (Å²) < 4.78 is 13.4. The largest absolute Gasteiger partial charge is 0.481 e. The number of carbonyl (C=O) groups is 2. The van der Waals surface area contributed by atoms with E-state index in [0.29, 0.717) is 61.8 Å². The minimum Gasteiger partial charge on any atom is -0.481 e. The Labute approximate surface area is 257 Å². The number of aryl methyl sites for hydroxylation is 1. The molecule has 0 saturated heterocycles. The number of rotatable bonds is 17. The number of benzene rings is 1. The minimum atomic E-state index is -0.837. The average molecular weight is 605 g/mol. The number of halogens is 1. The maximum Gasteiger partial charge on any atom is 0.303 e. The van der Waals surface area contributed by atoms with E-state index in [1.165, 1.54) is 19.3 Å². The van der Waals surface area contributed by atoms with Crippen molar-refractivity contribution in [3.63, 3.8) is 0 Å². The van der Waals surface area contributed by atoms with Gasteiger partial charge in [-0.2, -0.15) is 5.48 Å². The van der Waals surface area contributed by atoms with Gasteiger partial charge >= 0.3 is 5.97 Å². The lowest BCUT2D eigenvalue weighted by Crippen LogP contribution is -2.35. The number of aromatic amines is 1. The highest BCUT2D eigenvalue weighted by molar-refractivity contribution is 5.98. The number of carbonyl (C=O) groups excluding carboxylic acids is 1. The van der Waals surface area contributed by atoms with Crippen LogP contribution in [-0.2, 0) is 20.8 Å². The fraction of sp³-hybridized carbons (Fsp3) is 0.353. The van der Waals surface area contributed by atoms with E-state index < -0.39 is 5.97 Å². The van der Waals surface area contributed by atoms with E-state index >= 15 is 0 Å². The Morgan fingerprint density at radius 3 is 2.80 bits per heavy atom. The van der Waals surface area contributed by atoms with Gasteiger partial charge in [0.15, 0.2) is 0 Å². The van der Waals surface area contributed by atoms with Crippen LogP contribution >= 0.6 is 0 Å². The Morgan fingerprint density at radius 1 is 1.25 bits per heavy atom. The molecule has 1 amide bonds. The first-order valence-corrected chi connectivity index (χ1v) is 14.8. The third-order valence-corrected chi connectivity index (χ3v) is 7.00. The molecule has 44 heavy (non-hydrogen) atoms. The van der Waals surface area contributed by atoms with Crippen LogP contribution in [0, 0.1) is 0 Å². The Kier molecular flexibility index (Phi) is 14.2. The summed E-state index contributed by atoms with van der Waals surface area (Å²) in [5.74, 6) is -1.50. The predicted molar refractivity (Wildman–Crippen MR) is 172 cm³/mol. The number of amides is 1. The summed E-state index contributed by atoms with van der Waals surface area (Å²) in [4.78, 5) is 49.2. The lowest BCUT2D eigenvalue weighted by molar-refractivity contribution is -0.137. The number of aliphatic imine (C=N–C) groups is 1. The van der Waals surface area contributed by atoms with Gasteiger partial charge in [-0.25, -0.2) is 4.39 Å². The molecule has 0 saturated carbocycles. The number of carboxylic acid groups (broad SMARTS) is 1. The zero-order chi connectivity index (χ0) is 31.7. The van der Waals surface area contributed by atoms with Gasteiger partial charge in [0.25, 0.3) is 11.5 Å². The van der Waals surface area contributed by atoms with Crippen molar-refractivity contribution in [1.29, 1.82) is 0 Å². The summed E-state index contributed by atoms with van der Waals surface area (Å²) in [6.07, 6.45) is 17.4. The van der Waals surface area contributed by atoms with Gasteiger partial charge in [0.2, 0.25) is 0 Å². The highest BCUT2D eigenvalue weighted by Crippen LogP contribution is 2.18. The number of allylic oxidation sites excluding steroid dienone is 4.